The van der Waals surface area contributed by atoms with Crippen LogP contribution in [0.15, 0.2) is 0 Å². The van der Waals surface area contributed by atoms with Gasteiger partial charge in [-0.25, -0.2) is 9.63 Å². The molecule has 52 valence electrons. The molecule has 0 aromatic rings. The lowest BCUT2D eigenvalue weighted by Crippen LogP contribution is -2.10. The van der Waals surface area contributed by atoms with Crippen molar-refractivity contribution < 1.29 is 19.2 Å². The highest BCUT2D eigenvalue weighted by Gasteiger charge is 2.17. The highest BCUT2D eigenvalue weighted by Crippen LogP contribution is 1.97. The maximum Gasteiger partial charge on any atom is 0.433 e. The van der Waals surface area contributed by atoms with E-state index in [0.717, 1.165) is 0 Å². The fourth-order valence-corrected chi connectivity index (χ4v) is 0.330. The first-order chi connectivity index (χ1) is 4.29. The summed E-state index contributed by atoms with van der Waals surface area (Å²) in [5, 5.41) is 0. The molecule has 1 rings (SSSR count). The van der Waals surface area contributed by atoms with Crippen LogP contribution in [0.3, 0.4) is 0 Å². The van der Waals surface area contributed by atoms with Crippen LogP contribution in [0.5, 0.6) is 0 Å². The minimum Gasteiger partial charge on any atom is -0.416 e. The van der Waals surface area contributed by atoms with Gasteiger partial charge in [0.2, 0.25) is 6.29 Å². The van der Waals surface area contributed by atoms with Crippen molar-refractivity contribution in [1.29, 1.82) is 0 Å². The van der Waals surface area contributed by atoms with E-state index in [1.807, 2.05) is 12.3 Å². The van der Waals surface area contributed by atoms with Crippen LogP contribution in [0.25, 0.3) is 0 Å². The summed E-state index contributed by atoms with van der Waals surface area (Å²) < 4.78 is 4.39. The molecule has 0 radical (unpaired) electrons. The number of nitrogens with one attached hydrogen (secondary N) is 1. The molecule has 0 aromatic heterocycles. The second kappa shape index (κ2) is 3.85. The van der Waals surface area contributed by atoms with Gasteiger partial charge in [0.05, 0.1) is 0 Å². The van der Waals surface area contributed by atoms with Crippen LogP contribution in [0.4, 0.5) is 4.79 Å². The van der Waals surface area contributed by atoms with E-state index in [1.54, 1.807) is 6.92 Å². The van der Waals surface area contributed by atoms with Crippen molar-refractivity contribution in [2.45, 2.75) is 13.2 Å². The van der Waals surface area contributed by atoms with Crippen molar-refractivity contribution in [2.75, 3.05) is 0 Å². The highest BCUT2D eigenvalue weighted by atomic mass is 16.9. The van der Waals surface area contributed by atoms with E-state index >= 15 is 0 Å². The maximum absolute atomic E-state index is 10.00. The van der Waals surface area contributed by atoms with E-state index in [-0.39, 0.29) is 0 Å². The molecule has 5 heteroatoms. The van der Waals surface area contributed by atoms with Crippen LogP contribution in [0, 0.1) is 0 Å². The van der Waals surface area contributed by atoms with Crippen molar-refractivity contribution in [2.24, 2.45) is 0 Å². The zero-order valence-corrected chi connectivity index (χ0v) is 4.92. The van der Waals surface area contributed by atoms with Crippen LogP contribution in [0.2, 0.25) is 0 Å². The Morgan fingerprint density at radius 3 is 2.33 bits per heavy atom. The standard InChI is InChI=1S/C3H5NO3.CH2O/c1-2-6-3(5)4-7-2;1-2/h2H,1H3,(H,4,5);1H2. The first-order valence-corrected chi connectivity index (χ1v) is 2.20. The third-order valence-corrected chi connectivity index (χ3v) is 0.581. The quantitative estimate of drug-likeness (QED) is 0.497. The van der Waals surface area contributed by atoms with E-state index < -0.39 is 12.4 Å². The van der Waals surface area contributed by atoms with Gasteiger partial charge in [0.15, 0.2) is 0 Å². The summed E-state index contributed by atoms with van der Waals surface area (Å²) in [7, 11) is 0. The Hall–Kier alpha value is -1.10. The molecule has 1 atom stereocenters. The molecule has 0 spiro atoms. The molecule has 0 aliphatic carbocycles. The van der Waals surface area contributed by atoms with Crippen LogP contribution in [-0.2, 0) is 14.4 Å². The van der Waals surface area contributed by atoms with E-state index in [2.05, 4.69) is 9.57 Å². The molecule has 1 N–H and O–H groups in total. The first-order valence-electron chi connectivity index (χ1n) is 2.20. The van der Waals surface area contributed by atoms with Crippen LogP contribution in [-0.4, -0.2) is 19.2 Å². The lowest BCUT2D eigenvalue weighted by Gasteiger charge is -1.91. The van der Waals surface area contributed by atoms with Crippen molar-refractivity contribution in [3.05, 3.63) is 0 Å². The van der Waals surface area contributed by atoms with Gasteiger partial charge >= 0.3 is 6.09 Å². The molecule has 5 nitrogen and oxygen atoms in total. The summed E-state index contributed by atoms with van der Waals surface area (Å²) in [6.07, 6.45) is -0.958. The number of ether oxygens (including phenoxy) is 1. The fraction of sp³-hybridized carbons (Fsp3) is 0.500. The Bertz CT molecular complexity index is 105. The van der Waals surface area contributed by atoms with Gasteiger partial charge in [0.25, 0.3) is 0 Å². The summed E-state index contributed by atoms with van der Waals surface area (Å²) in [6.45, 7) is 3.62. The average Bonchev–Trinajstić information content (AvgIpc) is 2.20. The SMILES string of the molecule is C=O.CC1ONC(=O)O1. The van der Waals surface area contributed by atoms with Gasteiger partial charge in [0.1, 0.15) is 6.79 Å². The maximum atomic E-state index is 10.00. The van der Waals surface area contributed by atoms with E-state index in [1.165, 1.54) is 0 Å². The Labute approximate surface area is 51.9 Å². The van der Waals surface area contributed by atoms with E-state index in [4.69, 9.17) is 4.79 Å². The Balaban J connectivity index is 0.000000291. The summed E-state index contributed by atoms with van der Waals surface area (Å²) in [5.74, 6) is 0. The normalized spacial score (nSPS) is 23.2. The Kier molecular flexibility index (Phi) is 3.38. The number of hydrogen-bond acceptors (Lipinski definition) is 4. The zero-order valence-electron chi connectivity index (χ0n) is 4.92. The number of hydrogen-bond donors (Lipinski definition) is 1. The zero-order chi connectivity index (χ0) is 7.28. The molecular weight excluding hydrogens is 126 g/mol. The Morgan fingerprint density at radius 1 is 1.67 bits per heavy atom. The van der Waals surface area contributed by atoms with E-state index in [0.29, 0.717) is 0 Å². The van der Waals surface area contributed by atoms with Crippen LogP contribution < -0.4 is 5.48 Å². The molecule has 1 saturated heterocycles. The van der Waals surface area contributed by atoms with Gasteiger partial charge in [-0.2, -0.15) is 5.48 Å². The molecule has 1 amide bonds. The minimum absolute atomic E-state index is 0.438. The highest BCUT2D eigenvalue weighted by molar-refractivity contribution is 5.66. The van der Waals surface area contributed by atoms with Gasteiger partial charge in [-0.3, -0.25) is 0 Å². The smallest absolute Gasteiger partial charge is 0.416 e. The second-order valence-electron chi connectivity index (χ2n) is 1.19. The summed E-state index contributed by atoms with van der Waals surface area (Å²) >= 11 is 0. The van der Waals surface area contributed by atoms with Crippen molar-refractivity contribution in [3.63, 3.8) is 0 Å². The number of carbonyl (C=O) groups is 2. The largest absolute Gasteiger partial charge is 0.433 e. The number of hydroxylamine groups is 1. The topological polar surface area (TPSA) is 64.6 Å². The number of carbonyl (C=O) groups excluding carboxylic acids is 2. The third-order valence-electron chi connectivity index (χ3n) is 0.581. The summed E-state index contributed by atoms with van der Waals surface area (Å²) in [5.41, 5.74) is 2.01. The van der Waals surface area contributed by atoms with Crippen molar-refractivity contribution >= 4 is 12.9 Å². The molecule has 1 aliphatic heterocycles. The second-order valence-corrected chi connectivity index (χ2v) is 1.19. The molecule has 9 heavy (non-hydrogen) atoms. The van der Waals surface area contributed by atoms with Crippen LogP contribution >= 0.6 is 0 Å². The molecule has 0 aromatic carbocycles. The predicted molar refractivity (Wildman–Crippen MR) is 27.3 cm³/mol. The summed E-state index contributed by atoms with van der Waals surface area (Å²) in [6, 6.07) is 0. The molecule has 0 saturated carbocycles. The summed E-state index contributed by atoms with van der Waals surface area (Å²) in [4.78, 5) is 22.4. The monoisotopic (exact) mass is 133 g/mol. The first kappa shape index (κ1) is 7.90. The third kappa shape index (κ3) is 2.65. The van der Waals surface area contributed by atoms with Crippen LogP contribution in [0.1, 0.15) is 6.92 Å². The molecule has 1 fully saturated rings. The average molecular weight is 133 g/mol. The molecular formula is C4H7NO4. The molecule has 0 bridgehead atoms. The lowest BCUT2D eigenvalue weighted by molar-refractivity contribution is -0.0980. The van der Waals surface area contributed by atoms with Gasteiger partial charge in [-0.1, -0.05) is 0 Å². The lowest BCUT2D eigenvalue weighted by atomic mass is 10.8. The van der Waals surface area contributed by atoms with Crippen molar-refractivity contribution in [1.82, 2.24) is 5.48 Å². The molecule has 1 unspecified atom stereocenters. The molecule has 1 heterocycles. The Morgan fingerprint density at radius 2 is 2.22 bits per heavy atom. The minimum atomic E-state index is -0.521. The number of amides is 1. The van der Waals surface area contributed by atoms with Gasteiger partial charge in [0, 0.05) is 6.92 Å². The number of cyclic esters (lactones) is 1. The van der Waals surface area contributed by atoms with Crippen molar-refractivity contribution in [3.8, 4) is 0 Å². The van der Waals surface area contributed by atoms with Gasteiger partial charge in [-0.05, 0) is 0 Å². The van der Waals surface area contributed by atoms with Gasteiger partial charge < -0.3 is 9.53 Å². The van der Waals surface area contributed by atoms with Gasteiger partial charge in [-0.15, -0.1) is 0 Å². The predicted octanol–water partition coefficient (Wildman–Crippen LogP) is -0.181. The number of rotatable bonds is 0. The molecule has 1 aliphatic rings. The fourth-order valence-electron chi connectivity index (χ4n) is 0.330. The van der Waals surface area contributed by atoms with E-state index in [9.17, 15) is 4.79 Å².